The zero-order valence-electron chi connectivity index (χ0n) is 13.5. The van der Waals surface area contributed by atoms with Gasteiger partial charge in [0.25, 0.3) is 0 Å². The molecule has 0 amide bonds. The standard InChI is InChI=1S/C19H23ClO3/c1-19(2,21)23-17(12-16-10-6-7-11-18(16)20)14-22-13-15-8-4-3-5-9-15/h3-11,17,21H,12-14H2,1-2H3. The first-order valence-corrected chi connectivity index (χ1v) is 8.07. The molecule has 0 fully saturated rings. The second-order valence-corrected chi connectivity index (χ2v) is 6.39. The highest BCUT2D eigenvalue weighted by molar-refractivity contribution is 6.31. The first kappa shape index (κ1) is 18.0. The molecule has 1 N–H and O–H groups in total. The zero-order chi connectivity index (χ0) is 16.7. The van der Waals surface area contributed by atoms with Gasteiger partial charge in [0.2, 0.25) is 0 Å². The van der Waals surface area contributed by atoms with Crippen molar-refractivity contribution in [3.05, 3.63) is 70.7 Å². The maximum absolute atomic E-state index is 9.94. The quantitative estimate of drug-likeness (QED) is 0.735. The van der Waals surface area contributed by atoms with E-state index in [1.54, 1.807) is 13.8 Å². The number of halogens is 1. The minimum atomic E-state index is -1.22. The van der Waals surface area contributed by atoms with Gasteiger partial charge in [0, 0.05) is 11.4 Å². The van der Waals surface area contributed by atoms with Crippen LogP contribution >= 0.6 is 11.6 Å². The van der Waals surface area contributed by atoms with E-state index in [0.717, 1.165) is 11.1 Å². The maximum Gasteiger partial charge on any atom is 0.160 e. The van der Waals surface area contributed by atoms with E-state index in [-0.39, 0.29) is 6.10 Å². The molecule has 1 atom stereocenters. The monoisotopic (exact) mass is 334 g/mol. The van der Waals surface area contributed by atoms with Gasteiger partial charge in [-0.3, -0.25) is 0 Å². The number of rotatable bonds is 8. The van der Waals surface area contributed by atoms with Crippen LogP contribution in [0.3, 0.4) is 0 Å². The fourth-order valence-electron chi connectivity index (χ4n) is 2.33. The first-order valence-electron chi connectivity index (χ1n) is 7.69. The highest BCUT2D eigenvalue weighted by Crippen LogP contribution is 2.20. The van der Waals surface area contributed by atoms with Crippen molar-refractivity contribution < 1.29 is 14.6 Å². The Balaban J connectivity index is 1.95. The third-order valence-corrected chi connectivity index (χ3v) is 3.64. The second-order valence-electron chi connectivity index (χ2n) is 5.98. The Morgan fingerprint density at radius 3 is 2.35 bits per heavy atom. The van der Waals surface area contributed by atoms with E-state index in [0.29, 0.717) is 24.7 Å². The van der Waals surface area contributed by atoms with Gasteiger partial charge in [-0.05, 0) is 31.0 Å². The number of ether oxygens (including phenoxy) is 2. The van der Waals surface area contributed by atoms with Gasteiger partial charge in [-0.25, -0.2) is 0 Å². The highest BCUT2D eigenvalue weighted by Gasteiger charge is 2.22. The Morgan fingerprint density at radius 1 is 1.04 bits per heavy atom. The van der Waals surface area contributed by atoms with Crippen molar-refractivity contribution in [1.82, 2.24) is 0 Å². The molecule has 0 aromatic heterocycles. The Labute approximate surface area is 142 Å². The van der Waals surface area contributed by atoms with Crippen LogP contribution in [0.2, 0.25) is 5.02 Å². The molecule has 0 aliphatic rings. The van der Waals surface area contributed by atoms with Crippen LogP contribution in [0.4, 0.5) is 0 Å². The van der Waals surface area contributed by atoms with Gasteiger partial charge in [0.1, 0.15) is 0 Å². The highest BCUT2D eigenvalue weighted by atomic mass is 35.5. The van der Waals surface area contributed by atoms with Crippen molar-refractivity contribution in [3.8, 4) is 0 Å². The molecule has 0 saturated heterocycles. The normalized spacial score (nSPS) is 13.0. The molecule has 23 heavy (non-hydrogen) atoms. The summed E-state index contributed by atoms with van der Waals surface area (Å²) >= 11 is 6.21. The molecule has 2 aromatic carbocycles. The molecule has 0 aliphatic heterocycles. The van der Waals surface area contributed by atoms with Crippen molar-refractivity contribution in [2.24, 2.45) is 0 Å². The largest absolute Gasteiger partial charge is 0.374 e. The Kier molecular flexibility index (Phi) is 6.60. The van der Waals surface area contributed by atoms with Crippen LogP contribution in [-0.2, 0) is 22.5 Å². The third kappa shape index (κ3) is 6.71. The summed E-state index contributed by atoms with van der Waals surface area (Å²) in [6.45, 7) is 4.12. The Bertz CT molecular complexity index is 593. The number of benzene rings is 2. The SMILES string of the molecule is CC(C)(O)OC(COCc1ccccc1)Cc1ccccc1Cl. The summed E-state index contributed by atoms with van der Waals surface area (Å²) < 4.78 is 11.5. The summed E-state index contributed by atoms with van der Waals surface area (Å²) in [6.07, 6.45) is 0.303. The van der Waals surface area contributed by atoms with Crippen LogP contribution in [0, 0.1) is 0 Å². The molecular weight excluding hydrogens is 312 g/mol. The van der Waals surface area contributed by atoms with Crippen LogP contribution in [0.25, 0.3) is 0 Å². The summed E-state index contributed by atoms with van der Waals surface area (Å²) in [5.74, 6) is -1.22. The molecule has 0 aliphatic carbocycles. The Morgan fingerprint density at radius 2 is 1.70 bits per heavy atom. The van der Waals surface area contributed by atoms with Crippen LogP contribution in [0.15, 0.2) is 54.6 Å². The van der Waals surface area contributed by atoms with E-state index in [1.807, 2.05) is 54.6 Å². The van der Waals surface area contributed by atoms with E-state index in [4.69, 9.17) is 21.1 Å². The van der Waals surface area contributed by atoms with E-state index in [2.05, 4.69) is 0 Å². The molecule has 1 unspecified atom stereocenters. The lowest BCUT2D eigenvalue weighted by Crippen LogP contribution is -2.34. The predicted octanol–water partition coefficient (Wildman–Crippen LogP) is 4.21. The average Bonchev–Trinajstić information content (AvgIpc) is 2.49. The fraction of sp³-hybridized carbons (Fsp3) is 0.368. The average molecular weight is 335 g/mol. The maximum atomic E-state index is 9.94. The van der Waals surface area contributed by atoms with Crippen LogP contribution < -0.4 is 0 Å². The lowest BCUT2D eigenvalue weighted by atomic mass is 10.1. The first-order chi connectivity index (χ1) is 10.9. The predicted molar refractivity (Wildman–Crippen MR) is 92.4 cm³/mol. The smallest absolute Gasteiger partial charge is 0.160 e. The molecule has 124 valence electrons. The molecule has 2 rings (SSSR count). The van der Waals surface area contributed by atoms with E-state index in [1.165, 1.54) is 0 Å². The van der Waals surface area contributed by atoms with Gasteiger partial charge >= 0.3 is 0 Å². The van der Waals surface area contributed by atoms with Gasteiger partial charge in [-0.15, -0.1) is 0 Å². The Hall–Kier alpha value is -1.39. The summed E-state index contributed by atoms with van der Waals surface area (Å²) in [6, 6.07) is 17.6. The molecule has 4 heteroatoms. The summed E-state index contributed by atoms with van der Waals surface area (Å²) in [7, 11) is 0. The van der Waals surface area contributed by atoms with Crippen molar-refractivity contribution >= 4 is 11.6 Å². The number of hydrogen-bond acceptors (Lipinski definition) is 3. The zero-order valence-corrected chi connectivity index (χ0v) is 14.3. The molecule has 0 spiro atoms. The van der Waals surface area contributed by atoms with E-state index < -0.39 is 5.79 Å². The van der Waals surface area contributed by atoms with Crippen molar-refractivity contribution in [1.29, 1.82) is 0 Å². The second kappa shape index (κ2) is 8.46. The van der Waals surface area contributed by atoms with Gasteiger partial charge < -0.3 is 14.6 Å². The van der Waals surface area contributed by atoms with Crippen LogP contribution in [0.1, 0.15) is 25.0 Å². The van der Waals surface area contributed by atoms with Crippen molar-refractivity contribution in [2.45, 2.75) is 38.8 Å². The van der Waals surface area contributed by atoms with Gasteiger partial charge in [0.05, 0.1) is 19.3 Å². The summed E-state index contributed by atoms with van der Waals surface area (Å²) in [5, 5.41) is 10.6. The minimum Gasteiger partial charge on any atom is -0.374 e. The third-order valence-electron chi connectivity index (χ3n) is 3.28. The topological polar surface area (TPSA) is 38.7 Å². The van der Waals surface area contributed by atoms with Gasteiger partial charge in [0.15, 0.2) is 5.79 Å². The molecule has 3 nitrogen and oxygen atoms in total. The fourth-order valence-corrected chi connectivity index (χ4v) is 2.55. The summed E-state index contributed by atoms with van der Waals surface area (Å²) in [5.41, 5.74) is 2.08. The van der Waals surface area contributed by atoms with E-state index >= 15 is 0 Å². The number of hydrogen-bond donors (Lipinski definition) is 1. The lowest BCUT2D eigenvalue weighted by molar-refractivity contribution is -0.215. The van der Waals surface area contributed by atoms with Gasteiger partial charge in [-0.1, -0.05) is 60.1 Å². The van der Waals surface area contributed by atoms with Crippen LogP contribution in [0.5, 0.6) is 0 Å². The van der Waals surface area contributed by atoms with Crippen molar-refractivity contribution in [2.75, 3.05) is 6.61 Å². The minimum absolute atomic E-state index is 0.279. The van der Waals surface area contributed by atoms with Crippen molar-refractivity contribution in [3.63, 3.8) is 0 Å². The number of aliphatic hydroxyl groups is 1. The molecule has 2 aromatic rings. The molecule has 0 heterocycles. The molecule has 0 saturated carbocycles. The van der Waals surface area contributed by atoms with E-state index in [9.17, 15) is 5.11 Å². The molecular formula is C19H23ClO3. The van der Waals surface area contributed by atoms with Gasteiger partial charge in [-0.2, -0.15) is 0 Å². The summed E-state index contributed by atoms with van der Waals surface area (Å²) in [4.78, 5) is 0. The van der Waals surface area contributed by atoms with Crippen LogP contribution in [-0.4, -0.2) is 23.6 Å². The molecule has 0 bridgehead atoms. The lowest BCUT2D eigenvalue weighted by Gasteiger charge is -2.26. The molecule has 0 radical (unpaired) electrons.